The lowest BCUT2D eigenvalue weighted by Gasteiger charge is -2.18. The van der Waals surface area contributed by atoms with Gasteiger partial charge in [-0.25, -0.2) is 0 Å². The topological polar surface area (TPSA) is 122 Å². The number of nitrogens with two attached hydrogens (primary N) is 1. The van der Waals surface area contributed by atoms with E-state index in [0.29, 0.717) is 12.1 Å². The van der Waals surface area contributed by atoms with Crippen LogP contribution >= 0.6 is 0 Å². The fraction of sp³-hybridized carbons (Fsp3) is 0.400. The molecule has 0 aliphatic carbocycles. The van der Waals surface area contributed by atoms with E-state index in [4.69, 9.17) is 10.8 Å². The molecule has 7 nitrogen and oxygen atoms in total. The van der Waals surface area contributed by atoms with Crippen LogP contribution in [0.4, 0.5) is 5.69 Å². The van der Waals surface area contributed by atoms with Gasteiger partial charge >= 0.3 is 5.97 Å². The monoisotopic (exact) mass is 307 g/mol. The molecule has 0 radical (unpaired) electrons. The van der Waals surface area contributed by atoms with Gasteiger partial charge in [-0.1, -0.05) is 26.0 Å². The Morgan fingerprint density at radius 3 is 2.41 bits per heavy atom. The lowest BCUT2D eigenvalue weighted by Crippen LogP contribution is -2.45. The molecule has 0 aliphatic heterocycles. The molecule has 1 aromatic carbocycles. The molecule has 0 spiro atoms. The minimum absolute atomic E-state index is 0.193. The van der Waals surface area contributed by atoms with E-state index in [1.54, 1.807) is 24.3 Å². The molecule has 0 aromatic heterocycles. The molecular formula is C15H21N3O4. The number of carboxylic acids is 1. The Kier molecular flexibility index (Phi) is 6.37. The Bertz CT molecular complexity index is 557. The van der Waals surface area contributed by atoms with E-state index in [2.05, 4.69) is 10.6 Å². The molecule has 0 bridgehead atoms. The molecule has 7 heteroatoms. The maximum absolute atomic E-state index is 12.3. The molecular weight excluding hydrogens is 286 g/mol. The van der Waals surface area contributed by atoms with Crippen molar-refractivity contribution in [3.05, 3.63) is 29.8 Å². The second-order valence-electron chi connectivity index (χ2n) is 5.35. The Hall–Kier alpha value is -2.57. The average molecular weight is 307 g/mol. The number of anilines is 1. The lowest BCUT2D eigenvalue weighted by atomic mass is 10.0. The zero-order valence-corrected chi connectivity index (χ0v) is 12.6. The number of nitrogens with one attached hydrogen (secondary N) is 2. The molecule has 22 heavy (non-hydrogen) atoms. The summed E-state index contributed by atoms with van der Waals surface area (Å²) in [5, 5.41) is 13.9. The van der Waals surface area contributed by atoms with Crippen LogP contribution in [0, 0.1) is 5.92 Å². The first-order valence-corrected chi connectivity index (χ1v) is 6.96. The van der Waals surface area contributed by atoms with Gasteiger partial charge in [-0.15, -0.1) is 0 Å². The van der Waals surface area contributed by atoms with Crippen LogP contribution < -0.4 is 16.4 Å². The van der Waals surface area contributed by atoms with E-state index >= 15 is 0 Å². The van der Waals surface area contributed by atoms with Gasteiger partial charge in [0, 0.05) is 5.69 Å². The van der Waals surface area contributed by atoms with Gasteiger partial charge in [-0.05, 0) is 24.5 Å². The highest BCUT2D eigenvalue weighted by Gasteiger charge is 2.21. The zero-order chi connectivity index (χ0) is 16.7. The Labute approximate surface area is 128 Å². The summed E-state index contributed by atoms with van der Waals surface area (Å²) < 4.78 is 0. The van der Waals surface area contributed by atoms with Crippen molar-refractivity contribution in [2.75, 3.05) is 11.9 Å². The summed E-state index contributed by atoms with van der Waals surface area (Å²) in [6.07, 6.45) is 0.436. The third-order valence-corrected chi connectivity index (χ3v) is 2.96. The standard InChI is InChI=1S/C15H21N3O4/c1-9(2)7-12(14(16)21)18-15(22)10-5-3-4-6-11(10)17-8-13(19)20/h3-6,9,12,17H,7-8H2,1-2H3,(H2,16,21)(H,18,22)(H,19,20)/t12-/m0/s1. The number of hydrogen-bond acceptors (Lipinski definition) is 4. The number of carbonyl (C=O) groups excluding carboxylic acids is 2. The first-order chi connectivity index (χ1) is 10.3. The van der Waals surface area contributed by atoms with Crippen LogP contribution in [0.2, 0.25) is 0 Å². The summed E-state index contributed by atoms with van der Waals surface area (Å²) in [5.74, 6) is -1.92. The second kappa shape index (κ2) is 8.02. The number of para-hydroxylation sites is 1. The smallest absolute Gasteiger partial charge is 0.322 e. The highest BCUT2D eigenvalue weighted by molar-refractivity contribution is 6.01. The highest BCUT2D eigenvalue weighted by Crippen LogP contribution is 2.15. The van der Waals surface area contributed by atoms with Crippen molar-refractivity contribution < 1.29 is 19.5 Å². The summed E-state index contributed by atoms with van der Waals surface area (Å²) >= 11 is 0. The number of carboxylic acid groups (broad SMARTS) is 1. The largest absolute Gasteiger partial charge is 0.480 e. The molecule has 0 saturated heterocycles. The first-order valence-electron chi connectivity index (χ1n) is 6.96. The fourth-order valence-corrected chi connectivity index (χ4v) is 1.96. The number of aliphatic carboxylic acids is 1. The Balaban J connectivity index is 2.87. The summed E-state index contributed by atoms with van der Waals surface area (Å²) in [6.45, 7) is 3.53. The van der Waals surface area contributed by atoms with Crippen molar-refractivity contribution >= 4 is 23.5 Å². The number of hydrogen-bond donors (Lipinski definition) is 4. The lowest BCUT2D eigenvalue weighted by molar-refractivity contribution is -0.135. The molecule has 0 heterocycles. The summed E-state index contributed by atoms with van der Waals surface area (Å²) in [6, 6.07) is 5.72. The Morgan fingerprint density at radius 2 is 1.86 bits per heavy atom. The van der Waals surface area contributed by atoms with Crippen molar-refractivity contribution in [2.24, 2.45) is 11.7 Å². The molecule has 1 rings (SSSR count). The molecule has 2 amide bonds. The molecule has 0 saturated carbocycles. The van der Waals surface area contributed by atoms with E-state index < -0.39 is 23.8 Å². The molecule has 1 aromatic rings. The van der Waals surface area contributed by atoms with Crippen molar-refractivity contribution in [3.8, 4) is 0 Å². The quantitative estimate of drug-likeness (QED) is 0.566. The number of rotatable bonds is 8. The third kappa shape index (κ3) is 5.43. The molecule has 5 N–H and O–H groups in total. The van der Waals surface area contributed by atoms with E-state index in [9.17, 15) is 14.4 Å². The number of benzene rings is 1. The third-order valence-electron chi connectivity index (χ3n) is 2.96. The van der Waals surface area contributed by atoms with Crippen molar-refractivity contribution in [1.29, 1.82) is 0 Å². The predicted molar refractivity (Wildman–Crippen MR) is 82.5 cm³/mol. The van der Waals surface area contributed by atoms with Crippen LogP contribution in [0.1, 0.15) is 30.6 Å². The second-order valence-corrected chi connectivity index (χ2v) is 5.35. The van der Waals surface area contributed by atoms with Gasteiger partial charge in [0.05, 0.1) is 5.56 Å². The van der Waals surface area contributed by atoms with Gasteiger partial charge in [-0.2, -0.15) is 0 Å². The number of amides is 2. The van der Waals surface area contributed by atoms with Gasteiger partial charge in [0.25, 0.3) is 5.91 Å². The van der Waals surface area contributed by atoms with Crippen LogP contribution in [0.3, 0.4) is 0 Å². The first kappa shape index (κ1) is 17.5. The molecule has 1 atom stereocenters. The zero-order valence-electron chi connectivity index (χ0n) is 12.6. The van der Waals surface area contributed by atoms with E-state index in [1.807, 2.05) is 13.8 Å². The maximum Gasteiger partial charge on any atom is 0.322 e. The van der Waals surface area contributed by atoms with Crippen LogP contribution in [-0.4, -0.2) is 35.5 Å². The van der Waals surface area contributed by atoms with Crippen molar-refractivity contribution in [1.82, 2.24) is 5.32 Å². The van der Waals surface area contributed by atoms with Crippen LogP contribution in [0.25, 0.3) is 0 Å². The molecule has 0 fully saturated rings. The van der Waals surface area contributed by atoms with Gasteiger partial charge in [-0.3, -0.25) is 14.4 Å². The molecule has 0 aliphatic rings. The van der Waals surface area contributed by atoms with Gasteiger partial charge in [0.15, 0.2) is 0 Å². The van der Waals surface area contributed by atoms with E-state index in [-0.39, 0.29) is 18.0 Å². The molecule has 120 valence electrons. The molecule has 0 unspecified atom stereocenters. The fourth-order valence-electron chi connectivity index (χ4n) is 1.96. The maximum atomic E-state index is 12.3. The normalized spacial score (nSPS) is 11.8. The van der Waals surface area contributed by atoms with E-state index in [1.165, 1.54) is 0 Å². The van der Waals surface area contributed by atoms with Crippen molar-refractivity contribution in [3.63, 3.8) is 0 Å². The number of primary amides is 1. The summed E-state index contributed by atoms with van der Waals surface area (Å²) in [7, 11) is 0. The van der Waals surface area contributed by atoms with Crippen LogP contribution in [-0.2, 0) is 9.59 Å². The summed E-state index contributed by atoms with van der Waals surface area (Å²) in [4.78, 5) is 34.3. The van der Waals surface area contributed by atoms with Crippen LogP contribution in [0.15, 0.2) is 24.3 Å². The van der Waals surface area contributed by atoms with Gasteiger partial charge < -0.3 is 21.5 Å². The van der Waals surface area contributed by atoms with Crippen molar-refractivity contribution in [2.45, 2.75) is 26.3 Å². The van der Waals surface area contributed by atoms with Gasteiger partial charge in [0.1, 0.15) is 12.6 Å². The summed E-state index contributed by atoms with van der Waals surface area (Å²) in [5.41, 5.74) is 5.95. The SMILES string of the molecule is CC(C)C[C@H](NC(=O)c1ccccc1NCC(=O)O)C(N)=O. The predicted octanol–water partition coefficient (Wildman–Crippen LogP) is 0.813. The Morgan fingerprint density at radius 1 is 1.23 bits per heavy atom. The minimum atomic E-state index is -1.04. The highest BCUT2D eigenvalue weighted by atomic mass is 16.4. The average Bonchev–Trinajstić information content (AvgIpc) is 2.44. The number of carbonyl (C=O) groups is 3. The van der Waals surface area contributed by atoms with E-state index in [0.717, 1.165) is 0 Å². The van der Waals surface area contributed by atoms with Crippen LogP contribution in [0.5, 0.6) is 0 Å². The minimum Gasteiger partial charge on any atom is -0.480 e. The van der Waals surface area contributed by atoms with Gasteiger partial charge in [0.2, 0.25) is 5.91 Å².